The average molecular weight is 435 g/mol. The highest BCUT2D eigenvalue weighted by atomic mass is 16.6. The van der Waals surface area contributed by atoms with Crippen LogP contribution < -0.4 is 5.63 Å². The maximum absolute atomic E-state index is 12.5. The molecule has 2 heterocycles. The van der Waals surface area contributed by atoms with E-state index in [-0.39, 0.29) is 34.4 Å². The Kier molecular flexibility index (Phi) is 5.98. The average Bonchev–Trinajstić information content (AvgIpc) is 3.27. The van der Waals surface area contributed by atoms with Gasteiger partial charge in [0.05, 0.1) is 4.92 Å². The summed E-state index contributed by atoms with van der Waals surface area (Å²) < 4.78 is 11.0. The van der Waals surface area contributed by atoms with Crippen molar-refractivity contribution < 1.29 is 18.9 Å². The molecular weight excluding hydrogens is 414 g/mol. The number of benzene rings is 2. The van der Waals surface area contributed by atoms with Gasteiger partial charge in [0.25, 0.3) is 11.6 Å². The first kappa shape index (κ1) is 21.2. The second-order valence-electron chi connectivity index (χ2n) is 7.49. The van der Waals surface area contributed by atoms with Crippen LogP contribution in [-0.2, 0) is 6.42 Å². The summed E-state index contributed by atoms with van der Waals surface area (Å²) in [5, 5.41) is 29.6. The summed E-state index contributed by atoms with van der Waals surface area (Å²) in [7, 11) is 0. The van der Waals surface area contributed by atoms with Crippen LogP contribution in [0.1, 0.15) is 38.2 Å². The fourth-order valence-electron chi connectivity index (χ4n) is 3.47. The number of nitro benzene ring substituents is 1. The Bertz CT molecular complexity index is 1320. The van der Waals surface area contributed by atoms with Crippen LogP contribution in [0.3, 0.4) is 0 Å². The predicted octanol–water partition coefficient (Wildman–Crippen LogP) is 5.25. The highest BCUT2D eigenvalue weighted by Gasteiger charge is 2.17. The van der Waals surface area contributed by atoms with Crippen molar-refractivity contribution in [1.29, 1.82) is 0 Å². The number of aromatic nitrogens is 2. The molecule has 4 rings (SSSR count). The molecule has 0 fully saturated rings. The van der Waals surface area contributed by atoms with Crippen LogP contribution in [0.5, 0.6) is 5.75 Å². The van der Waals surface area contributed by atoms with Gasteiger partial charge in [-0.2, -0.15) is 0 Å². The lowest BCUT2D eigenvalue weighted by Gasteiger charge is -2.07. The van der Waals surface area contributed by atoms with Crippen molar-refractivity contribution in [1.82, 2.24) is 10.2 Å². The zero-order chi connectivity index (χ0) is 22.7. The molecule has 32 heavy (non-hydrogen) atoms. The molecule has 164 valence electrons. The van der Waals surface area contributed by atoms with E-state index in [4.69, 9.17) is 8.83 Å². The van der Waals surface area contributed by atoms with E-state index in [9.17, 15) is 20.0 Å². The van der Waals surface area contributed by atoms with Crippen molar-refractivity contribution in [3.05, 3.63) is 68.6 Å². The first-order valence-corrected chi connectivity index (χ1v) is 10.3. The maximum Gasteiger partial charge on any atom is 0.349 e. The van der Waals surface area contributed by atoms with Gasteiger partial charge in [-0.3, -0.25) is 10.1 Å². The third kappa shape index (κ3) is 4.36. The van der Waals surface area contributed by atoms with Gasteiger partial charge in [0.2, 0.25) is 5.89 Å². The maximum atomic E-state index is 12.5. The number of hydrogen-bond donors (Lipinski definition) is 1. The summed E-state index contributed by atoms with van der Waals surface area (Å²) >= 11 is 0. The smallest absolute Gasteiger partial charge is 0.349 e. The SMILES string of the molecule is CCCCCCc1cc2cc(-c3nnc(-c4ccc([N+](=O)[O-])cc4)o3)c(=O)oc2cc1O. The zero-order valence-electron chi connectivity index (χ0n) is 17.4. The van der Waals surface area contributed by atoms with Crippen LogP contribution in [0.15, 0.2) is 56.1 Å². The van der Waals surface area contributed by atoms with E-state index in [0.717, 1.165) is 37.7 Å². The second-order valence-corrected chi connectivity index (χ2v) is 7.49. The van der Waals surface area contributed by atoms with Gasteiger partial charge in [-0.15, -0.1) is 10.2 Å². The lowest BCUT2D eigenvalue weighted by molar-refractivity contribution is -0.384. The summed E-state index contributed by atoms with van der Waals surface area (Å²) in [5.41, 5.74) is 0.901. The van der Waals surface area contributed by atoms with Crippen molar-refractivity contribution in [2.24, 2.45) is 0 Å². The van der Waals surface area contributed by atoms with Gasteiger partial charge in [0, 0.05) is 29.1 Å². The molecule has 0 atom stereocenters. The predicted molar refractivity (Wildman–Crippen MR) is 117 cm³/mol. The Morgan fingerprint density at radius 3 is 2.47 bits per heavy atom. The first-order chi connectivity index (χ1) is 15.5. The van der Waals surface area contributed by atoms with Gasteiger partial charge in [-0.05, 0) is 42.7 Å². The molecule has 0 aliphatic heterocycles. The van der Waals surface area contributed by atoms with Crippen LogP contribution in [0.4, 0.5) is 5.69 Å². The minimum atomic E-state index is -0.675. The van der Waals surface area contributed by atoms with Crippen molar-refractivity contribution in [3.8, 4) is 28.7 Å². The van der Waals surface area contributed by atoms with Gasteiger partial charge < -0.3 is 13.9 Å². The molecule has 0 bridgehead atoms. The quantitative estimate of drug-likeness (QED) is 0.172. The Hall–Kier alpha value is -4.01. The summed E-state index contributed by atoms with van der Waals surface area (Å²) in [6.45, 7) is 2.14. The molecular formula is C23H21N3O6. The largest absolute Gasteiger partial charge is 0.508 e. The summed E-state index contributed by atoms with van der Waals surface area (Å²) in [5.74, 6) is 0.200. The normalized spacial score (nSPS) is 11.2. The van der Waals surface area contributed by atoms with E-state index in [1.165, 1.54) is 30.3 Å². The first-order valence-electron chi connectivity index (χ1n) is 10.3. The molecule has 0 saturated carbocycles. The molecule has 2 aromatic carbocycles. The van der Waals surface area contributed by atoms with Crippen molar-refractivity contribution in [3.63, 3.8) is 0 Å². The summed E-state index contributed by atoms with van der Waals surface area (Å²) in [4.78, 5) is 22.8. The summed E-state index contributed by atoms with van der Waals surface area (Å²) in [6, 6.07) is 10.5. The molecule has 0 aliphatic carbocycles. The van der Waals surface area contributed by atoms with Gasteiger partial charge in [0.15, 0.2) is 0 Å². The molecule has 0 aliphatic rings. The Labute approximate surface area is 182 Å². The third-order valence-corrected chi connectivity index (χ3v) is 5.21. The third-order valence-electron chi connectivity index (χ3n) is 5.21. The van der Waals surface area contributed by atoms with E-state index < -0.39 is 10.5 Å². The fraction of sp³-hybridized carbons (Fsp3) is 0.261. The van der Waals surface area contributed by atoms with Crippen LogP contribution >= 0.6 is 0 Å². The van der Waals surface area contributed by atoms with Crippen LogP contribution in [0, 0.1) is 10.1 Å². The molecule has 0 amide bonds. The molecule has 9 heteroatoms. The van der Waals surface area contributed by atoms with Gasteiger partial charge in [-0.25, -0.2) is 4.79 Å². The standard InChI is InChI=1S/C23H21N3O6/c1-2-3-4-5-6-15-11-16-12-18(23(28)31-20(16)13-19(15)27)22-25-24-21(32-22)14-7-9-17(10-8-14)26(29)30/h7-13,27H,2-6H2,1H3. The highest BCUT2D eigenvalue weighted by Crippen LogP contribution is 2.29. The van der Waals surface area contributed by atoms with E-state index in [1.807, 2.05) is 0 Å². The number of aryl methyl sites for hydroxylation is 1. The number of nitro groups is 1. The molecule has 2 aromatic heterocycles. The van der Waals surface area contributed by atoms with Crippen molar-refractivity contribution in [2.75, 3.05) is 0 Å². The summed E-state index contributed by atoms with van der Waals surface area (Å²) in [6.07, 6.45) is 5.03. The highest BCUT2D eigenvalue weighted by molar-refractivity contribution is 5.82. The lowest BCUT2D eigenvalue weighted by atomic mass is 10.0. The Balaban J connectivity index is 1.65. The number of fused-ring (bicyclic) bond motifs is 1. The lowest BCUT2D eigenvalue weighted by Crippen LogP contribution is -2.03. The molecule has 4 aromatic rings. The van der Waals surface area contributed by atoms with E-state index in [1.54, 1.807) is 12.1 Å². The number of phenolic OH excluding ortho intramolecular Hbond substituents is 1. The van der Waals surface area contributed by atoms with E-state index in [0.29, 0.717) is 10.9 Å². The molecule has 0 spiro atoms. The van der Waals surface area contributed by atoms with Crippen molar-refractivity contribution >= 4 is 16.7 Å². The Morgan fingerprint density at radius 2 is 1.75 bits per heavy atom. The fourth-order valence-corrected chi connectivity index (χ4v) is 3.47. The number of hydrogen-bond acceptors (Lipinski definition) is 8. The molecule has 0 radical (unpaired) electrons. The number of unbranched alkanes of at least 4 members (excludes halogenated alkanes) is 3. The van der Waals surface area contributed by atoms with Gasteiger partial charge in [-0.1, -0.05) is 26.2 Å². The number of rotatable bonds is 8. The number of nitrogens with zero attached hydrogens (tertiary/aromatic N) is 3. The van der Waals surface area contributed by atoms with Crippen molar-refractivity contribution in [2.45, 2.75) is 39.0 Å². The van der Waals surface area contributed by atoms with Crippen LogP contribution in [-0.4, -0.2) is 20.2 Å². The van der Waals surface area contributed by atoms with E-state index >= 15 is 0 Å². The zero-order valence-corrected chi connectivity index (χ0v) is 17.4. The number of non-ortho nitro benzene ring substituents is 1. The van der Waals surface area contributed by atoms with Gasteiger partial charge in [0.1, 0.15) is 16.9 Å². The monoisotopic (exact) mass is 435 g/mol. The van der Waals surface area contributed by atoms with Crippen LogP contribution in [0.2, 0.25) is 0 Å². The number of phenols is 1. The van der Waals surface area contributed by atoms with Gasteiger partial charge >= 0.3 is 5.63 Å². The van der Waals surface area contributed by atoms with E-state index in [2.05, 4.69) is 17.1 Å². The minimum absolute atomic E-state index is 0.0217. The molecule has 0 saturated heterocycles. The molecule has 0 unspecified atom stereocenters. The second kappa shape index (κ2) is 9.01. The van der Waals surface area contributed by atoms with Crippen LogP contribution in [0.25, 0.3) is 33.9 Å². The topological polar surface area (TPSA) is 132 Å². The number of aromatic hydroxyl groups is 1. The molecule has 9 nitrogen and oxygen atoms in total. The molecule has 1 N–H and O–H groups in total. The Morgan fingerprint density at radius 1 is 1.00 bits per heavy atom. The minimum Gasteiger partial charge on any atom is -0.508 e.